The summed E-state index contributed by atoms with van der Waals surface area (Å²) in [5.74, 6) is 0.0638. The first kappa shape index (κ1) is 16.8. The third-order valence-electron chi connectivity index (χ3n) is 3.85. The summed E-state index contributed by atoms with van der Waals surface area (Å²) in [7, 11) is 0. The summed E-state index contributed by atoms with van der Waals surface area (Å²) < 4.78 is 6.91. The van der Waals surface area contributed by atoms with Gasteiger partial charge in [0.2, 0.25) is 0 Å². The molecule has 0 N–H and O–H groups in total. The molecule has 1 heterocycles. The molecule has 0 saturated heterocycles. The van der Waals surface area contributed by atoms with E-state index in [1.807, 2.05) is 42.5 Å². The summed E-state index contributed by atoms with van der Waals surface area (Å²) in [6.07, 6.45) is 0. The number of tetrazole rings is 1. The smallest absolute Gasteiger partial charge is 0.338 e. The molecule has 0 fully saturated rings. The molecule has 0 saturated carbocycles. The van der Waals surface area contributed by atoms with Gasteiger partial charge in [-0.05, 0) is 45.7 Å². The van der Waals surface area contributed by atoms with Crippen LogP contribution in [0.2, 0.25) is 0 Å². The number of nitrogens with zero attached hydrogens (tertiary/aromatic N) is 4. The first-order valence-corrected chi connectivity index (χ1v) is 8.05. The third kappa shape index (κ3) is 3.91. The highest BCUT2D eigenvalue weighted by Crippen LogP contribution is 2.22. The Balaban J connectivity index is 1.69. The Morgan fingerprint density at radius 1 is 1.04 bits per heavy atom. The van der Waals surface area contributed by atoms with Gasteiger partial charge in [0.05, 0.1) is 11.3 Å². The predicted molar refractivity (Wildman–Crippen MR) is 93.4 cm³/mol. The van der Waals surface area contributed by atoms with Crippen LogP contribution in [0.1, 0.15) is 42.5 Å². The average Bonchev–Trinajstić information content (AvgIpc) is 3.08. The van der Waals surface area contributed by atoms with Crippen molar-refractivity contribution >= 4 is 5.97 Å². The van der Waals surface area contributed by atoms with Gasteiger partial charge in [0.1, 0.15) is 0 Å². The largest absolute Gasteiger partial charge is 0.454 e. The number of rotatable bonds is 4. The van der Waals surface area contributed by atoms with E-state index in [1.165, 1.54) is 0 Å². The minimum atomic E-state index is -0.400. The number of para-hydroxylation sites is 1. The first-order chi connectivity index (χ1) is 11.9. The van der Waals surface area contributed by atoms with Gasteiger partial charge in [-0.1, -0.05) is 51.1 Å². The monoisotopic (exact) mass is 336 g/mol. The van der Waals surface area contributed by atoms with Gasteiger partial charge in [0, 0.05) is 0 Å². The fourth-order valence-electron chi connectivity index (χ4n) is 2.39. The summed E-state index contributed by atoms with van der Waals surface area (Å²) >= 11 is 0. The molecule has 3 rings (SSSR count). The summed E-state index contributed by atoms with van der Waals surface area (Å²) in [4.78, 5) is 12.2. The lowest BCUT2D eigenvalue weighted by molar-refractivity contribution is 0.0459. The Kier molecular flexibility index (Phi) is 4.61. The molecular weight excluding hydrogens is 316 g/mol. The zero-order valence-corrected chi connectivity index (χ0v) is 14.5. The second-order valence-corrected chi connectivity index (χ2v) is 6.75. The topological polar surface area (TPSA) is 69.9 Å². The van der Waals surface area contributed by atoms with Gasteiger partial charge in [0.25, 0.3) is 0 Å². The van der Waals surface area contributed by atoms with Crippen LogP contribution in [-0.2, 0) is 16.8 Å². The molecule has 0 amide bonds. The van der Waals surface area contributed by atoms with Gasteiger partial charge in [-0.25, -0.2) is 4.79 Å². The van der Waals surface area contributed by atoms with Crippen molar-refractivity contribution in [2.24, 2.45) is 0 Å². The van der Waals surface area contributed by atoms with Gasteiger partial charge < -0.3 is 4.74 Å². The molecule has 6 heteroatoms. The molecule has 0 aliphatic carbocycles. The Morgan fingerprint density at radius 3 is 2.36 bits per heavy atom. The van der Waals surface area contributed by atoms with E-state index in [-0.39, 0.29) is 12.0 Å². The van der Waals surface area contributed by atoms with E-state index in [4.69, 9.17) is 4.74 Å². The summed E-state index contributed by atoms with van der Waals surface area (Å²) in [6.45, 7) is 6.39. The van der Waals surface area contributed by atoms with Crippen LogP contribution in [0.5, 0.6) is 0 Å². The molecule has 1 aromatic heterocycles. The highest BCUT2D eigenvalue weighted by atomic mass is 16.5. The van der Waals surface area contributed by atoms with Crippen molar-refractivity contribution in [3.63, 3.8) is 0 Å². The molecule has 0 atom stereocenters. The van der Waals surface area contributed by atoms with Crippen molar-refractivity contribution < 1.29 is 9.53 Å². The fraction of sp³-hybridized carbons (Fsp3) is 0.263. The maximum Gasteiger partial charge on any atom is 0.338 e. The maximum absolute atomic E-state index is 12.2. The summed E-state index contributed by atoms with van der Waals surface area (Å²) in [6, 6.07) is 16.9. The molecule has 0 spiro atoms. The van der Waals surface area contributed by atoms with Crippen LogP contribution in [0.25, 0.3) is 5.69 Å². The van der Waals surface area contributed by atoms with Crippen molar-refractivity contribution in [1.82, 2.24) is 20.2 Å². The molecular formula is C19H20N4O2. The Bertz CT molecular complexity index is 849. The highest BCUT2D eigenvalue weighted by Gasteiger charge is 2.16. The minimum Gasteiger partial charge on any atom is -0.454 e. The number of benzene rings is 2. The zero-order valence-electron chi connectivity index (χ0n) is 14.5. The zero-order chi connectivity index (χ0) is 17.9. The molecule has 3 aromatic rings. The van der Waals surface area contributed by atoms with Gasteiger partial charge in [0.15, 0.2) is 12.4 Å². The van der Waals surface area contributed by atoms with E-state index in [0.717, 1.165) is 11.3 Å². The average molecular weight is 336 g/mol. The minimum absolute atomic E-state index is 0.00174. The molecule has 0 aliphatic heterocycles. The Labute approximate surface area is 146 Å². The molecule has 0 aliphatic rings. The summed E-state index contributed by atoms with van der Waals surface area (Å²) in [5, 5.41) is 11.5. The van der Waals surface area contributed by atoms with Crippen LogP contribution in [0, 0.1) is 0 Å². The molecule has 0 radical (unpaired) electrons. The number of aromatic nitrogens is 4. The van der Waals surface area contributed by atoms with Gasteiger partial charge in [-0.3, -0.25) is 0 Å². The lowest BCUT2D eigenvalue weighted by atomic mass is 9.87. The van der Waals surface area contributed by atoms with Crippen molar-refractivity contribution in [3.05, 3.63) is 71.5 Å². The summed E-state index contributed by atoms with van der Waals surface area (Å²) in [5.41, 5.74) is 2.53. The van der Waals surface area contributed by atoms with Crippen LogP contribution >= 0.6 is 0 Å². The van der Waals surface area contributed by atoms with Crippen molar-refractivity contribution in [2.75, 3.05) is 0 Å². The van der Waals surface area contributed by atoms with E-state index in [9.17, 15) is 4.79 Å². The molecule has 25 heavy (non-hydrogen) atoms. The second-order valence-electron chi connectivity index (χ2n) is 6.75. The second kappa shape index (κ2) is 6.84. The number of hydrogen-bond donors (Lipinski definition) is 0. The Hall–Kier alpha value is -3.02. The lowest BCUT2D eigenvalue weighted by Gasteiger charge is -2.18. The quantitative estimate of drug-likeness (QED) is 0.684. The van der Waals surface area contributed by atoms with E-state index in [0.29, 0.717) is 11.4 Å². The van der Waals surface area contributed by atoms with Crippen LogP contribution in [-0.4, -0.2) is 26.2 Å². The molecule has 128 valence electrons. The van der Waals surface area contributed by atoms with Crippen molar-refractivity contribution in [3.8, 4) is 5.69 Å². The highest BCUT2D eigenvalue weighted by molar-refractivity contribution is 5.89. The maximum atomic E-state index is 12.2. The Morgan fingerprint density at radius 2 is 1.72 bits per heavy atom. The van der Waals surface area contributed by atoms with Crippen LogP contribution < -0.4 is 0 Å². The van der Waals surface area contributed by atoms with E-state index in [1.54, 1.807) is 16.8 Å². The lowest BCUT2D eigenvalue weighted by Crippen LogP contribution is -2.12. The SMILES string of the molecule is CC(C)(C)c1ccc(C(=O)OCc2nnnn2-c2ccccc2)cc1. The van der Waals surface area contributed by atoms with Crippen molar-refractivity contribution in [1.29, 1.82) is 0 Å². The van der Waals surface area contributed by atoms with Gasteiger partial charge >= 0.3 is 5.97 Å². The predicted octanol–water partition coefficient (Wildman–Crippen LogP) is 3.32. The van der Waals surface area contributed by atoms with Gasteiger partial charge in [-0.2, -0.15) is 4.68 Å². The first-order valence-electron chi connectivity index (χ1n) is 8.05. The number of carbonyl (C=O) groups is 1. The number of carbonyl (C=O) groups excluding carboxylic acids is 1. The van der Waals surface area contributed by atoms with Gasteiger partial charge in [-0.15, -0.1) is 5.10 Å². The number of esters is 1. The standard InChI is InChI=1S/C19H20N4O2/c1-19(2,3)15-11-9-14(10-12-15)18(24)25-13-17-20-21-22-23(17)16-7-5-4-6-8-16/h4-12H,13H2,1-3H3. The van der Waals surface area contributed by atoms with Crippen LogP contribution in [0.15, 0.2) is 54.6 Å². The van der Waals surface area contributed by atoms with E-state index in [2.05, 4.69) is 36.3 Å². The van der Waals surface area contributed by atoms with Crippen molar-refractivity contribution in [2.45, 2.75) is 32.8 Å². The number of hydrogen-bond acceptors (Lipinski definition) is 5. The van der Waals surface area contributed by atoms with Crippen LogP contribution in [0.4, 0.5) is 0 Å². The fourth-order valence-corrected chi connectivity index (χ4v) is 2.39. The molecule has 2 aromatic carbocycles. The number of ether oxygens (including phenoxy) is 1. The third-order valence-corrected chi connectivity index (χ3v) is 3.85. The molecule has 0 bridgehead atoms. The molecule has 0 unspecified atom stereocenters. The van der Waals surface area contributed by atoms with E-state index < -0.39 is 5.97 Å². The van der Waals surface area contributed by atoms with Crippen LogP contribution in [0.3, 0.4) is 0 Å². The molecule has 6 nitrogen and oxygen atoms in total. The normalized spacial score (nSPS) is 11.3. The van der Waals surface area contributed by atoms with E-state index >= 15 is 0 Å².